The normalized spacial score (nSPS) is 22.9. The van der Waals surface area contributed by atoms with E-state index in [0.29, 0.717) is 17.2 Å². The lowest BCUT2D eigenvalue weighted by molar-refractivity contribution is -0.121. The summed E-state index contributed by atoms with van der Waals surface area (Å²) in [6.45, 7) is 3.57. The Morgan fingerprint density at radius 1 is 1.25 bits per heavy atom. The quantitative estimate of drug-likeness (QED) is 0.788. The van der Waals surface area contributed by atoms with Crippen LogP contribution >= 0.6 is 12.4 Å². The second kappa shape index (κ2) is 4.64. The number of amides is 2. The molecule has 2 aliphatic heterocycles. The number of nitrogens with zero attached hydrogens (tertiary/aromatic N) is 1. The number of benzene rings is 1. The zero-order chi connectivity index (χ0) is 13.8. The van der Waals surface area contributed by atoms with E-state index in [9.17, 15) is 9.59 Å². The Bertz CT molecular complexity index is 588. The molecule has 1 fully saturated rings. The highest BCUT2D eigenvalue weighted by atomic mass is 35.5. The lowest BCUT2D eigenvalue weighted by Crippen LogP contribution is -2.35. The molecule has 1 aromatic carbocycles. The molecule has 0 aromatic heterocycles. The van der Waals surface area contributed by atoms with Gasteiger partial charge in [-0.2, -0.15) is 0 Å². The predicted octanol–water partition coefficient (Wildman–Crippen LogP) is 1.21. The van der Waals surface area contributed by atoms with Crippen LogP contribution in [0.25, 0.3) is 0 Å². The van der Waals surface area contributed by atoms with Gasteiger partial charge in [-0.3, -0.25) is 9.59 Å². The number of imide groups is 1. The fourth-order valence-electron chi connectivity index (χ4n) is 2.28. The molecular weight excluding hydrogens is 284 g/mol. The van der Waals surface area contributed by atoms with Gasteiger partial charge in [0.25, 0.3) is 5.91 Å². The highest BCUT2D eigenvalue weighted by Crippen LogP contribution is 2.41. The summed E-state index contributed by atoms with van der Waals surface area (Å²) in [5.74, 6) is -0.310. The molecule has 1 atom stereocenters. The van der Waals surface area contributed by atoms with Crippen molar-refractivity contribution in [3.05, 3.63) is 18.2 Å². The third-order valence-electron chi connectivity index (χ3n) is 3.08. The van der Waals surface area contributed by atoms with E-state index in [1.165, 1.54) is 0 Å². The topological polar surface area (TPSA) is 81.9 Å². The van der Waals surface area contributed by atoms with Crippen molar-refractivity contribution in [2.75, 3.05) is 4.90 Å². The van der Waals surface area contributed by atoms with E-state index >= 15 is 0 Å². The Morgan fingerprint density at radius 3 is 2.50 bits per heavy atom. The highest BCUT2D eigenvalue weighted by Gasteiger charge is 2.39. The van der Waals surface area contributed by atoms with Crippen molar-refractivity contribution >= 4 is 29.9 Å². The third-order valence-corrected chi connectivity index (χ3v) is 3.08. The molecule has 0 radical (unpaired) electrons. The Hall–Kier alpha value is -1.79. The number of hydrogen-bond donors (Lipinski definition) is 1. The number of halogens is 1. The molecule has 6 nitrogen and oxygen atoms in total. The van der Waals surface area contributed by atoms with Gasteiger partial charge < -0.3 is 15.2 Å². The first kappa shape index (κ1) is 14.6. The number of ether oxygens (including phenoxy) is 2. The SMILES string of the molecule is CC1(C)Oc2ccc(N3C(=O)C[C@H](N)C3=O)cc2O1.Cl. The molecule has 2 aliphatic rings. The summed E-state index contributed by atoms with van der Waals surface area (Å²) in [6.07, 6.45) is 0.0404. The molecule has 3 rings (SSSR count). The summed E-state index contributed by atoms with van der Waals surface area (Å²) in [5, 5.41) is 0. The average molecular weight is 299 g/mol. The number of anilines is 1. The standard InChI is InChI=1S/C13H14N2O4.ClH/c1-13(2)18-9-4-3-7(5-10(9)19-13)15-11(16)6-8(14)12(15)17;/h3-5,8H,6,14H2,1-2H3;1H/t8-;/m0./s1. The molecule has 20 heavy (non-hydrogen) atoms. The van der Waals surface area contributed by atoms with Crippen molar-refractivity contribution in [2.45, 2.75) is 32.1 Å². The first-order chi connectivity index (χ1) is 8.87. The molecule has 2 heterocycles. The number of fused-ring (bicyclic) bond motifs is 1. The third kappa shape index (κ3) is 2.21. The number of nitrogens with two attached hydrogens (primary N) is 1. The Morgan fingerprint density at radius 2 is 1.90 bits per heavy atom. The van der Waals surface area contributed by atoms with E-state index in [0.717, 1.165) is 4.90 Å². The minimum atomic E-state index is -0.755. The van der Waals surface area contributed by atoms with Gasteiger partial charge in [0, 0.05) is 19.9 Å². The Balaban J connectivity index is 0.00000147. The second-order valence-corrected chi connectivity index (χ2v) is 5.11. The molecule has 0 unspecified atom stereocenters. The number of carbonyl (C=O) groups is 2. The second-order valence-electron chi connectivity index (χ2n) is 5.11. The van der Waals surface area contributed by atoms with Gasteiger partial charge in [-0.15, -0.1) is 12.4 Å². The van der Waals surface area contributed by atoms with Crippen molar-refractivity contribution < 1.29 is 19.1 Å². The van der Waals surface area contributed by atoms with Crippen molar-refractivity contribution in [2.24, 2.45) is 5.73 Å². The van der Waals surface area contributed by atoms with Crippen LogP contribution in [0.15, 0.2) is 18.2 Å². The summed E-state index contributed by atoms with van der Waals surface area (Å²) in [6, 6.07) is 4.20. The largest absolute Gasteiger partial charge is 0.449 e. The molecule has 0 aliphatic carbocycles. The van der Waals surface area contributed by atoms with Crippen molar-refractivity contribution in [1.29, 1.82) is 0 Å². The van der Waals surface area contributed by atoms with Gasteiger partial charge in [0.1, 0.15) is 0 Å². The van der Waals surface area contributed by atoms with E-state index in [1.807, 2.05) is 0 Å². The van der Waals surface area contributed by atoms with E-state index in [4.69, 9.17) is 15.2 Å². The number of hydrogen-bond acceptors (Lipinski definition) is 5. The molecule has 7 heteroatoms. The maximum absolute atomic E-state index is 11.9. The molecule has 1 saturated heterocycles. The van der Waals surface area contributed by atoms with Crippen LogP contribution in [-0.2, 0) is 9.59 Å². The van der Waals surface area contributed by atoms with Crippen molar-refractivity contribution in [3.63, 3.8) is 0 Å². The monoisotopic (exact) mass is 298 g/mol. The minimum Gasteiger partial charge on any atom is -0.449 e. The zero-order valence-electron chi connectivity index (χ0n) is 11.1. The van der Waals surface area contributed by atoms with Gasteiger partial charge in [-0.1, -0.05) is 0 Å². The van der Waals surface area contributed by atoms with Crippen LogP contribution in [0.2, 0.25) is 0 Å². The Labute approximate surface area is 122 Å². The van der Waals surface area contributed by atoms with Crippen LogP contribution in [-0.4, -0.2) is 23.6 Å². The lowest BCUT2D eigenvalue weighted by atomic mass is 10.2. The van der Waals surface area contributed by atoms with Crippen LogP contribution < -0.4 is 20.1 Å². The van der Waals surface area contributed by atoms with Gasteiger partial charge in [-0.25, -0.2) is 4.90 Å². The van der Waals surface area contributed by atoms with Crippen molar-refractivity contribution in [1.82, 2.24) is 0 Å². The maximum Gasteiger partial charge on any atom is 0.251 e. The smallest absolute Gasteiger partial charge is 0.251 e. The van der Waals surface area contributed by atoms with Gasteiger partial charge in [0.15, 0.2) is 11.5 Å². The summed E-state index contributed by atoms with van der Waals surface area (Å²) < 4.78 is 11.1. The highest BCUT2D eigenvalue weighted by molar-refractivity contribution is 6.22. The van der Waals surface area contributed by atoms with E-state index in [-0.39, 0.29) is 30.6 Å². The fourth-order valence-corrected chi connectivity index (χ4v) is 2.28. The predicted molar refractivity (Wildman–Crippen MR) is 74.1 cm³/mol. The molecule has 0 bridgehead atoms. The summed E-state index contributed by atoms with van der Waals surface area (Å²) in [4.78, 5) is 24.7. The lowest BCUT2D eigenvalue weighted by Gasteiger charge is -2.16. The van der Waals surface area contributed by atoms with Gasteiger partial charge in [-0.05, 0) is 12.1 Å². The molecule has 2 N–H and O–H groups in total. The first-order valence-electron chi connectivity index (χ1n) is 6.02. The number of rotatable bonds is 1. The van der Waals surface area contributed by atoms with E-state index in [1.54, 1.807) is 32.0 Å². The first-order valence-corrected chi connectivity index (χ1v) is 6.02. The van der Waals surface area contributed by atoms with Gasteiger partial charge >= 0.3 is 0 Å². The van der Waals surface area contributed by atoms with Crippen LogP contribution in [0.1, 0.15) is 20.3 Å². The van der Waals surface area contributed by atoms with Crippen LogP contribution in [0.5, 0.6) is 11.5 Å². The Kier molecular flexibility index (Phi) is 3.39. The van der Waals surface area contributed by atoms with Crippen LogP contribution in [0.3, 0.4) is 0 Å². The van der Waals surface area contributed by atoms with Crippen molar-refractivity contribution in [3.8, 4) is 11.5 Å². The van der Waals surface area contributed by atoms with E-state index in [2.05, 4.69) is 0 Å². The van der Waals surface area contributed by atoms with Gasteiger partial charge in [0.05, 0.1) is 18.2 Å². The van der Waals surface area contributed by atoms with Gasteiger partial charge in [0.2, 0.25) is 11.7 Å². The molecule has 0 saturated carbocycles. The molecule has 1 aromatic rings. The molecule has 2 amide bonds. The fraction of sp³-hybridized carbons (Fsp3) is 0.385. The summed E-state index contributed by atoms with van der Waals surface area (Å²) in [7, 11) is 0. The number of carbonyl (C=O) groups excluding carboxylic acids is 2. The maximum atomic E-state index is 11.9. The van der Waals surface area contributed by atoms with Crippen LogP contribution in [0.4, 0.5) is 5.69 Å². The summed E-state index contributed by atoms with van der Waals surface area (Å²) in [5.41, 5.74) is 6.05. The minimum absolute atomic E-state index is 0. The molecule has 0 spiro atoms. The van der Waals surface area contributed by atoms with E-state index < -0.39 is 11.8 Å². The molecule has 108 valence electrons. The zero-order valence-corrected chi connectivity index (χ0v) is 11.9. The average Bonchev–Trinajstić information content (AvgIpc) is 2.74. The molecular formula is C13H15ClN2O4. The van der Waals surface area contributed by atoms with Crippen LogP contribution in [0, 0.1) is 0 Å². The summed E-state index contributed by atoms with van der Waals surface area (Å²) >= 11 is 0.